The number of nitrogens with zero attached hydrogens (tertiary/aromatic N) is 1. The summed E-state index contributed by atoms with van der Waals surface area (Å²) in [7, 11) is 0. The fourth-order valence-electron chi connectivity index (χ4n) is 2.98. The molecule has 2 rings (SSSR count). The van der Waals surface area contributed by atoms with Crippen molar-refractivity contribution in [2.45, 2.75) is 52.0 Å². The number of benzene rings is 1. The topological polar surface area (TPSA) is 78.5 Å². The molecule has 0 aliphatic carbocycles. The van der Waals surface area contributed by atoms with E-state index in [1.54, 1.807) is 17.0 Å². The van der Waals surface area contributed by atoms with Crippen LogP contribution >= 0.6 is 0 Å². The van der Waals surface area contributed by atoms with Crippen LogP contribution < -0.4 is 10.6 Å². The van der Waals surface area contributed by atoms with Crippen molar-refractivity contribution in [3.05, 3.63) is 29.8 Å². The van der Waals surface area contributed by atoms with Gasteiger partial charge in [-0.25, -0.2) is 0 Å². The minimum Gasteiger partial charge on any atom is -0.351 e. The molecule has 136 valence electrons. The van der Waals surface area contributed by atoms with Gasteiger partial charge in [0, 0.05) is 31.6 Å². The lowest BCUT2D eigenvalue weighted by atomic mass is 10.1. The zero-order valence-corrected chi connectivity index (χ0v) is 15.0. The van der Waals surface area contributed by atoms with Gasteiger partial charge in [-0.05, 0) is 30.5 Å². The van der Waals surface area contributed by atoms with Crippen molar-refractivity contribution in [3.63, 3.8) is 0 Å². The molecule has 1 unspecified atom stereocenters. The van der Waals surface area contributed by atoms with Gasteiger partial charge < -0.3 is 15.5 Å². The van der Waals surface area contributed by atoms with Crippen LogP contribution in [-0.2, 0) is 20.8 Å². The average molecular weight is 345 g/mol. The van der Waals surface area contributed by atoms with Crippen LogP contribution in [0.5, 0.6) is 0 Å². The van der Waals surface area contributed by atoms with E-state index in [9.17, 15) is 14.4 Å². The predicted octanol–water partition coefficient (Wildman–Crippen LogP) is 2.09. The molecule has 6 heteroatoms. The minimum absolute atomic E-state index is 0.00414. The number of amides is 3. The third-order valence-corrected chi connectivity index (χ3v) is 4.15. The van der Waals surface area contributed by atoms with Crippen molar-refractivity contribution in [2.24, 2.45) is 0 Å². The van der Waals surface area contributed by atoms with Gasteiger partial charge in [-0.1, -0.05) is 26.0 Å². The van der Waals surface area contributed by atoms with Crippen molar-refractivity contribution in [1.82, 2.24) is 10.2 Å². The summed E-state index contributed by atoms with van der Waals surface area (Å²) in [6, 6.07) is 7.18. The van der Waals surface area contributed by atoms with Crippen LogP contribution in [0.15, 0.2) is 24.3 Å². The van der Waals surface area contributed by atoms with Crippen molar-refractivity contribution in [3.8, 4) is 0 Å². The molecule has 0 spiro atoms. The van der Waals surface area contributed by atoms with Crippen LogP contribution in [0.3, 0.4) is 0 Å². The molecule has 2 N–H and O–H groups in total. The zero-order chi connectivity index (χ0) is 18.2. The second kappa shape index (κ2) is 9.20. The van der Waals surface area contributed by atoms with Gasteiger partial charge in [0.2, 0.25) is 17.7 Å². The average Bonchev–Trinajstić information content (AvgIpc) is 2.89. The second-order valence-corrected chi connectivity index (χ2v) is 6.48. The summed E-state index contributed by atoms with van der Waals surface area (Å²) in [6.45, 7) is 5.34. The van der Waals surface area contributed by atoms with Gasteiger partial charge in [0.15, 0.2) is 0 Å². The Morgan fingerprint density at radius 2 is 1.84 bits per heavy atom. The molecule has 25 heavy (non-hydrogen) atoms. The summed E-state index contributed by atoms with van der Waals surface area (Å²) in [4.78, 5) is 37.4. The molecular weight excluding hydrogens is 318 g/mol. The number of likely N-dealkylation sites (tertiary alicyclic amines) is 1. The number of anilines is 1. The summed E-state index contributed by atoms with van der Waals surface area (Å²) in [5.74, 6) is 0.0220. The van der Waals surface area contributed by atoms with Gasteiger partial charge in [0.25, 0.3) is 0 Å². The molecule has 0 radical (unpaired) electrons. The monoisotopic (exact) mass is 345 g/mol. The zero-order valence-electron chi connectivity index (χ0n) is 15.0. The standard InChI is InChI=1S/C19H27N3O3/c1-3-5-17(23)20-15-8-6-14(7-9-15)11-18(24)21-16-12-19(25)22(13-16)10-4-2/h6-9,16H,3-5,10-13H2,1-2H3,(H,20,23)(H,21,24). The molecule has 1 atom stereocenters. The lowest BCUT2D eigenvalue weighted by Crippen LogP contribution is -2.38. The van der Waals surface area contributed by atoms with E-state index in [-0.39, 0.29) is 30.2 Å². The first-order chi connectivity index (χ1) is 12.0. The van der Waals surface area contributed by atoms with E-state index in [4.69, 9.17) is 0 Å². The van der Waals surface area contributed by atoms with Crippen LogP contribution in [0.4, 0.5) is 5.69 Å². The number of hydrogen-bond donors (Lipinski definition) is 2. The molecule has 1 fully saturated rings. The molecule has 1 aromatic rings. The van der Waals surface area contributed by atoms with Crippen LogP contribution in [0.1, 0.15) is 45.1 Å². The summed E-state index contributed by atoms with van der Waals surface area (Å²) in [6.07, 6.45) is 2.88. The number of carbonyl (C=O) groups excluding carboxylic acids is 3. The van der Waals surface area contributed by atoms with E-state index in [2.05, 4.69) is 10.6 Å². The summed E-state index contributed by atoms with van der Waals surface area (Å²) < 4.78 is 0. The first-order valence-corrected chi connectivity index (χ1v) is 8.97. The Kier molecular flexibility index (Phi) is 6.98. The maximum atomic E-state index is 12.2. The lowest BCUT2D eigenvalue weighted by molar-refractivity contribution is -0.127. The fraction of sp³-hybridized carbons (Fsp3) is 0.526. The molecule has 0 aromatic heterocycles. The Labute approximate surface area is 149 Å². The Morgan fingerprint density at radius 3 is 2.48 bits per heavy atom. The normalized spacial score (nSPS) is 16.8. The third kappa shape index (κ3) is 5.89. The van der Waals surface area contributed by atoms with Gasteiger partial charge in [-0.3, -0.25) is 14.4 Å². The van der Waals surface area contributed by atoms with E-state index >= 15 is 0 Å². The van der Waals surface area contributed by atoms with Crippen LogP contribution in [0.2, 0.25) is 0 Å². The third-order valence-electron chi connectivity index (χ3n) is 4.15. The second-order valence-electron chi connectivity index (χ2n) is 6.48. The highest BCUT2D eigenvalue weighted by molar-refractivity contribution is 5.90. The van der Waals surface area contributed by atoms with E-state index in [0.29, 0.717) is 19.4 Å². The van der Waals surface area contributed by atoms with Gasteiger partial charge in [-0.15, -0.1) is 0 Å². The van der Waals surface area contributed by atoms with Crippen molar-refractivity contribution >= 4 is 23.4 Å². The van der Waals surface area contributed by atoms with Gasteiger partial charge in [-0.2, -0.15) is 0 Å². The molecule has 1 aliphatic heterocycles. The van der Waals surface area contributed by atoms with Crippen molar-refractivity contribution in [2.75, 3.05) is 18.4 Å². The number of rotatable bonds is 8. The van der Waals surface area contributed by atoms with Crippen LogP contribution in [0, 0.1) is 0 Å². The van der Waals surface area contributed by atoms with Gasteiger partial charge >= 0.3 is 0 Å². The minimum atomic E-state index is -0.0980. The molecular formula is C19H27N3O3. The van der Waals surface area contributed by atoms with Gasteiger partial charge in [0.1, 0.15) is 0 Å². The van der Waals surface area contributed by atoms with E-state index < -0.39 is 0 Å². The summed E-state index contributed by atoms with van der Waals surface area (Å²) >= 11 is 0. The number of carbonyl (C=O) groups is 3. The van der Waals surface area contributed by atoms with E-state index in [1.807, 2.05) is 26.0 Å². The highest BCUT2D eigenvalue weighted by Crippen LogP contribution is 2.13. The number of nitrogens with one attached hydrogen (secondary N) is 2. The van der Waals surface area contributed by atoms with Crippen molar-refractivity contribution in [1.29, 1.82) is 0 Å². The molecule has 0 saturated carbocycles. The maximum Gasteiger partial charge on any atom is 0.224 e. The summed E-state index contributed by atoms with van der Waals surface area (Å²) in [5, 5.41) is 5.76. The highest BCUT2D eigenvalue weighted by Gasteiger charge is 2.29. The fourth-order valence-corrected chi connectivity index (χ4v) is 2.98. The quantitative estimate of drug-likeness (QED) is 0.757. The Morgan fingerprint density at radius 1 is 1.12 bits per heavy atom. The molecule has 1 heterocycles. The van der Waals surface area contributed by atoms with Crippen molar-refractivity contribution < 1.29 is 14.4 Å². The molecule has 0 bridgehead atoms. The Balaban J connectivity index is 1.81. The summed E-state index contributed by atoms with van der Waals surface area (Å²) in [5.41, 5.74) is 1.61. The molecule has 1 aromatic carbocycles. The molecule has 1 saturated heterocycles. The SMILES string of the molecule is CCCC(=O)Nc1ccc(CC(=O)NC2CC(=O)N(CCC)C2)cc1. The molecule has 6 nitrogen and oxygen atoms in total. The van der Waals surface area contributed by atoms with Gasteiger partial charge in [0.05, 0.1) is 12.5 Å². The van der Waals surface area contributed by atoms with E-state index in [0.717, 1.165) is 30.6 Å². The first-order valence-electron chi connectivity index (χ1n) is 8.97. The first kappa shape index (κ1) is 19.0. The Hall–Kier alpha value is -2.37. The van der Waals surface area contributed by atoms with E-state index in [1.165, 1.54) is 0 Å². The largest absolute Gasteiger partial charge is 0.351 e. The molecule has 3 amide bonds. The lowest BCUT2D eigenvalue weighted by Gasteiger charge is -2.16. The van der Waals surface area contributed by atoms with Crippen LogP contribution in [-0.4, -0.2) is 41.8 Å². The predicted molar refractivity (Wildman–Crippen MR) is 97.1 cm³/mol. The highest BCUT2D eigenvalue weighted by atomic mass is 16.2. The van der Waals surface area contributed by atoms with Crippen LogP contribution in [0.25, 0.3) is 0 Å². The Bertz CT molecular complexity index is 613. The smallest absolute Gasteiger partial charge is 0.224 e. The maximum absolute atomic E-state index is 12.2. The number of hydrogen-bond acceptors (Lipinski definition) is 3. The molecule has 1 aliphatic rings.